The van der Waals surface area contributed by atoms with Crippen molar-refractivity contribution in [1.29, 1.82) is 0 Å². The van der Waals surface area contributed by atoms with Gasteiger partial charge in [-0.1, -0.05) is 25.1 Å². The number of fused-ring (bicyclic) bond motifs is 2. The Morgan fingerprint density at radius 3 is 2.86 bits per heavy atom. The minimum absolute atomic E-state index is 0.0775. The van der Waals surface area contributed by atoms with Crippen LogP contribution in [-0.2, 0) is 25.8 Å². The van der Waals surface area contributed by atoms with Gasteiger partial charge in [-0.15, -0.1) is 11.8 Å². The molecular weight excluding hydrogens is 408 g/mol. The molecule has 1 N–H and O–H groups in total. The molecule has 0 bridgehead atoms. The summed E-state index contributed by atoms with van der Waals surface area (Å²) in [5, 5.41) is 2.91. The van der Waals surface area contributed by atoms with Crippen LogP contribution in [0.15, 0.2) is 52.3 Å². The average Bonchev–Trinajstić information content (AvgIpc) is 3.05. The van der Waals surface area contributed by atoms with E-state index in [1.807, 2.05) is 31.2 Å². The van der Waals surface area contributed by atoms with E-state index in [9.17, 15) is 18.0 Å². The topological polar surface area (TPSA) is 83.5 Å². The van der Waals surface area contributed by atoms with Crippen molar-refractivity contribution < 1.29 is 18.0 Å². The quantitative estimate of drug-likeness (QED) is 0.805. The van der Waals surface area contributed by atoms with Crippen molar-refractivity contribution in [3.8, 4) is 0 Å². The van der Waals surface area contributed by atoms with E-state index < -0.39 is 9.84 Å². The van der Waals surface area contributed by atoms with Crippen molar-refractivity contribution in [3.63, 3.8) is 0 Å². The van der Waals surface area contributed by atoms with E-state index in [2.05, 4.69) is 5.32 Å². The van der Waals surface area contributed by atoms with E-state index >= 15 is 0 Å². The summed E-state index contributed by atoms with van der Waals surface area (Å²) in [5.74, 6) is -0.576. The molecule has 29 heavy (non-hydrogen) atoms. The number of benzene rings is 2. The van der Waals surface area contributed by atoms with Crippen molar-refractivity contribution in [2.75, 3.05) is 22.5 Å². The molecular formula is C21H22N2O4S2. The van der Waals surface area contributed by atoms with Gasteiger partial charge in [0.05, 0.1) is 16.3 Å². The van der Waals surface area contributed by atoms with Crippen LogP contribution in [0, 0.1) is 0 Å². The van der Waals surface area contributed by atoms with Crippen LogP contribution in [0.1, 0.15) is 25.3 Å². The Balaban J connectivity index is 1.48. The average molecular weight is 431 g/mol. The third kappa shape index (κ3) is 4.18. The molecule has 0 spiro atoms. The first-order chi connectivity index (χ1) is 13.8. The van der Waals surface area contributed by atoms with E-state index in [4.69, 9.17) is 0 Å². The minimum Gasteiger partial charge on any atom is -0.325 e. The van der Waals surface area contributed by atoms with E-state index in [0.29, 0.717) is 18.7 Å². The molecule has 152 valence electrons. The number of amides is 2. The fourth-order valence-electron chi connectivity index (χ4n) is 3.70. The zero-order valence-corrected chi connectivity index (χ0v) is 17.7. The van der Waals surface area contributed by atoms with Crippen LogP contribution in [0.3, 0.4) is 0 Å². The van der Waals surface area contributed by atoms with Gasteiger partial charge in [-0.05, 0) is 36.2 Å². The molecule has 6 nitrogen and oxygen atoms in total. The fourth-order valence-corrected chi connectivity index (χ4v) is 6.00. The van der Waals surface area contributed by atoms with Crippen molar-refractivity contribution in [2.24, 2.45) is 0 Å². The zero-order valence-electron chi connectivity index (χ0n) is 16.1. The fraction of sp³-hybridized carbons (Fsp3) is 0.333. The molecule has 0 unspecified atom stereocenters. The molecule has 2 aliphatic heterocycles. The van der Waals surface area contributed by atoms with Gasteiger partial charge in [0, 0.05) is 35.2 Å². The van der Waals surface area contributed by atoms with Gasteiger partial charge in [-0.25, -0.2) is 8.42 Å². The molecule has 0 saturated heterocycles. The number of thioether (sulfide) groups is 1. The molecule has 2 aromatic carbocycles. The Morgan fingerprint density at radius 1 is 1.24 bits per heavy atom. The van der Waals surface area contributed by atoms with Gasteiger partial charge in [-0.3, -0.25) is 9.59 Å². The number of anilines is 2. The summed E-state index contributed by atoms with van der Waals surface area (Å²) in [6.45, 7) is 2.55. The number of para-hydroxylation sites is 1. The smallest absolute Gasteiger partial charge is 0.228 e. The maximum absolute atomic E-state index is 12.8. The lowest BCUT2D eigenvalue weighted by Gasteiger charge is -2.17. The summed E-state index contributed by atoms with van der Waals surface area (Å²) < 4.78 is 25.6. The summed E-state index contributed by atoms with van der Waals surface area (Å²) in [6, 6.07) is 12.5. The number of carbonyl (C=O) groups is 2. The minimum atomic E-state index is -3.65. The maximum atomic E-state index is 12.8. The van der Waals surface area contributed by atoms with E-state index in [-0.39, 0.29) is 34.1 Å². The number of hydrogen-bond acceptors (Lipinski definition) is 5. The SMILES string of the molecule is C[C@H]1CC(=O)Nc2cc(S(=O)(=O)CCC(=O)N3CCc4ccccc43)ccc2S1. The molecule has 1 atom stereocenters. The van der Waals surface area contributed by atoms with Gasteiger partial charge in [0.1, 0.15) is 0 Å². The molecule has 8 heteroatoms. The van der Waals surface area contributed by atoms with Crippen LogP contribution < -0.4 is 10.2 Å². The van der Waals surface area contributed by atoms with Crippen LogP contribution >= 0.6 is 11.8 Å². The first kappa shape index (κ1) is 20.0. The summed E-state index contributed by atoms with van der Waals surface area (Å²) in [6.07, 6.45) is 1.09. The Hall–Kier alpha value is -2.32. The Labute approximate surface area is 174 Å². The van der Waals surface area contributed by atoms with Crippen LogP contribution in [-0.4, -0.2) is 37.8 Å². The van der Waals surface area contributed by atoms with E-state index in [1.54, 1.807) is 28.8 Å². The van der Waals surface area contributed by atoms with Crippen molar-refractivity contribution in [2.45, 2.75) is 41.2 Å². The summed E-state index contributed by atoms with van der Waals surface area (Å²) in [7, 11) is -3.65. The molecule has 0 saturated carbocycles. The maximum Gasteiger partial charge on any atom is 0.228 e. The standard InChI is InChI=1S/C21H22N2O4S2/c1-14-12-20(24)22-17-13-16(6-7-19(17)28-14)29(26,27)11-9-21(25)23-10-8-15-4-2-3-5-18(15)23/h2-7,13-14H,8-12H2,1H3,(H,22,24)/t14-/m0/s1. The molecule has 2 aliphatic rings. The molecule has 2 aromatic rings. The normalized spacial score (nSPS) is 18.6. The highest BCUT2D eigenvalue weighted by Gasteiger charge is 2.27. The molecule has 0 aromatic heterocycles. The second kappa shape index (κ2) is 7.84. The van der Waals surface area contributed by atoms with Gasteiger partial charge in [-0.2, -0.15) is 0 Å². The van der Waals surface area contributed by atoms with Gasteiger partial charge in [0.15, 0.2) is 9.84 Å². The number of rotatable bonds is 4. The predicted octanol–water partition coefficient (Wildman–Crippen LogP) is 3.26. The zero-order chi connectivity index (χ0) is 20.6. The van der Waals surface area contributed by atoms with Crippen LogP contribution in [0.25, 0.3) is 0 Å². The van der Waals surface area contributed by atoms with Gasteiger partial charge in [0.2, 0.25) is 11.8 Å². The van der Waals surface area contributed by atoms with Crippen molar-refractivity contribution in [1.82, 2.24) is 0 Å². The highest BCUT2D eigenvalue weighted by atomic mass is 32.2. The summed E-state index contributed by atoms with van der Waals surface area (Å²) in [4.78, 5) is 27.2. The first-order valence-electron chi connectivity index (χ1n) is 9.55. The third-order valence-electron chi connectivity index (χ3n) is 5.16. The lowest BCUT2D eigenvalue weighted by molar-refractivity contribution is -0.118. The lowest BCUT2D eigenvalue weighted by atomic mass is 10.2. The van der Waals surface area contributed by atoms with E-state index in [1.165, 1.54) is 6.07 Å². The number of nitrogens with zero attached hydrogens (tertiary/aromatic N) is 1. The van der Waals surface area contributed by atoms with E-state index in [0.717, 1.165) is 22.6 Å². The molecule has 0 aliphatic carbocycles. The Bertz CT molecular complexity index is 1080. The van der Waals surface area contributed by atoms with Crippen LogP contribution in [0.2, 0.25) is 0 Å². The second-order valence-electron chi connectivity index (χ2n) is 7.33. The first-order valence-corrected chi connectivity index (χ1v) is 12.1. The predicted molar refractivity (Wildman–Crippen MR) is 114 cm³/mol. The van der Waals surface area contributed by atoms with Crippen LogP contribution in [0.5, 0.6) is 0 Å². The molecule has 0 radical (unpaired) electrons. The van der Waals surface area contributed by atoms with Crippen molar-refractivity contribution >= 4 is 44.8 Å². The molecule has 4 rings (SSSR count). The highest BCUT2D eigenvalue weighted by molar-refractivity contribution is 8.00. The van der Waals surface area contributed by atoms with Gasteiger partial charge >= 0.3 is 0 Å². The number of carbonyl (C=O) groups excluding carboxylic acids is 2. The number of nitrogens with one attached hydrogen (secondary N) is 1. The molecule has 2 amide bonds. The number of sulfone groups is 1. The monoisotopic (exact) mass is 430 g/mol. The van der Waals surface area contributed by atoms with Crippen LogP contribution in [0.4, 0.5) is 11.4 Å². The Kier molecular flexibility index (Phi) is 5.40. The van der Waals surface area contributed by atoms with Gasteiger partial charge in [0.25, 0.3) is 0 Å². The summed E-state index contributed by atoms with van der Waals surface area (Å²) >= 11 is 1.55. The second-order valence-corrected chi connectivity index (χ2v) is 10.9. The van der Waals surface area contributed by atoms with Gasteiger partial charge < -0.3 is 10.2 Å². The lowest BCUT2D eigenvalue weighted by Crippen LogP contribution is -2.30. The summed E-state index contributed by atoms with van der Waals surface area (Å²) in [5.41, 5.74) is 2.50. The number of hydrogen-bond donors (Lipinski definition) is 1. The Morgan fingerprint density at radius 2 is 2.03 bits per heavy atom. The molecule has 0 fully saturated rings. The van der Waals surface area contributed by atoms with Crippen molar-refractivity contribution in [3.05, 3.63) is 48.0 Å². The largest absolute Gasteiger partial charge is 0.325 e. The highest BCUT2D eigenvalue weighted by Crippen LogP contribution is 2.36. The molecule has 2 heterocycles. The third-order valence-corrected chi connectivity index (χ3v) is 8.05.